The molecule has 150 valence electrons. The zero-order chi connectivity index (χ0) is 20.8. The van der Waals surface area contributed by atoms with Crippen LogP contribution in [-0.4, -0.2) is 33.3 Å². The number of hydrogen-bond acceptors (Lipinski definition) is 4. The number of carbonyl (C=O) groups is 2. The highest BCUT2D eigenvalue weighted by Gasteiger charge is 2.09. The van der Waals surface area contributed by atoms with Gasteiger partial charge in [-0.3, -0.25) is 14.6 Å². The van der Waals surface area contributed by atoms with Crippen LogP contribution in [0.25, 0.3) is 11.0 Å². The molecule has 0 saturated carbocycles. The first kappa shape index (κ1) is 19.3. The van der Waals surface area contributed by atoms with Crippen LogP contribution in [0, 0.1) is 0 Å². The van der Waals surface area contributed by atoms with E-state index in [1.165, 1.54) is 6.20 Å². The molecule has 2 aromatic carbocycles. The Morgan fingerprint density at radius 3 is 2.63 bits per heavy atom. The van der Waals surface area contributed by atoms with E-state index in [1.807, 2.05) is 24.3 Å². The van der Waals surface area contributed by atoms with Crippen molar-refractivity contribution in [2.75, 3.05) is 11.9 Å². The van der Waals surface area contributed by atoms with E-state index in [0.717, 1.165) is 29.7 Å². The van der Waals surface area contributed by atoms with Gasteiger partial charge in [0.25, 0.3) is 11.8 Å². The van der Waals surface area contributed by atoms with Gasteiger partial charge in [0.15, 0.2) is 0 Å². The van der Waals surface area contributed by atoms with Gasteiger partial charge in [-0.1, -0.05) is 18.2 Å². The fraction of sp³-hybridized carbons (Fsp3) is 0.130. The van der Waals surface area contributed by atoms with Crippen LogP contribution in [0.4, 0.5) is 5.69 Å². The molecule has 0 fully saturated rings. The predicted octanol–water partition coefficient (Wildman–Crippen LogP) is 3.57. The molecule has 2 aromatic heterocycles. The fourth-order valence-electron chi connectivity index (χ4n) is 3.12. The number of aromatic nitrogens is 3. The summed E-state index contributed by atoms with van der Waals surface area (Å²) in [4.78, 5) is 36.5. The predicted molar refractivity (Wildman–Crippen MR) is 115 cm³/mol. The zero-order valence-electron chi connectivity index (χ0n) is 16.3. The van der Waals surface area contributed by atoms with Crippen molar-refractivity contribution in [2.45, 2.75) is 12.8 Å². The highest BCUT2D eigenvalue weighted by atomic mass is 16.2. The van der Waals surface area contributed by atoms with Crippen LogP contribution < -0.4 is 10.6 Å². The molecule has 4 rings (SSSR count). The summed E-state index contributed by atoms with van der Waals surface area (Å²) in [6.45, 7) is 0.530. The topological polar surface area (TPSA) is 99.8 Å². The smallest absolute Gasteiger partial charge is 0.257 e. The van der Waals surface area contributed by atoms with Gasteiger partial charge in [0.1, 0.15) is 5.82 Å². The average molecular weight is 399 g/mol. The number of rotatable bonds is 7. The van der Waals surface area contributed by atoms with E-state index in [1.54, 1.807) is 42.6 Å². The van der Waals surface area contributed by atoms with Crippen LogP contribution in [0.3, 0.4) is 0 Å². The molecule has 0 radical (unpaired) electrons. The number of nitrogens with zero attached hydrogens (tertiary/aromatic N) is 2. The second kappa shape index (κ2) is 9.00. The Morgan fingerprint density at radius 1 is 0.933 bits per heavy atom. The first-order valence-corrected chi connectivity index (χ1v) is 9.72. The summed E-state index contributed by atoms with van der Waals surface area (Å²) in [7, 11) is 0. The van der Waals surface area contributed by atoms with E-state index >= 15 is 0 Å². The van der Waals surface area contributed by atoms with Crippen molar-refractivity contribution in [1.82, 2.24) is 20.3 Å². The molecule has 0 aliphatic carbocycles. The average Bonchev–Trinajstić information content (AvgIpc) is 3.20. The van der Waals surface area contributed by atoms with Crippen LogP contribution in [0.5, 0.6) is 0 Å². The molecule has 7 nitrogen and oxygen atoms in total. The second-order valence-electron chi connectivity index (χ2n) is 6.84. The van der Waals surface area contributed by atoms with Gasteiger partial charge in [0.2, 0.25) is 0 Å². The van der Waals surface area contributed by atoms with Crippen molar-refractivity contribution in [3.8, 4) is 0 Å². The number of anilines is 1. The van der Waals surface area contributed by atoms with E-state index in [0.29, 0.717) is 23.4 Å². The largest absolute Gasteiger partial charge is 0.352 e. The van der Waals surface area contributed by atoms with Crippen molar-refractivity contribution in [3.63, 3.8) is 0 Å². The number of para-hydroxylation sites is 2. The fourth-order valence-corrected chi connectivity index (χ4v) is 3.12. The van der Waals surface area contributed by atoms with E-state index in [4.69, 9.17) is 0 Å². The SMILES string of the molecule is O=C(NCCCc1nc2ccccc2[nH]1)c1cccc(NC(=O)c2cccnc2)c1. The monoisotopic (exact) mass is 399 g/mol. The van der Waals surface area contributed by atoms with Crippen molar-refractivity contribution in [3.05, 3.63) is 90.0 Å². The summed E-state index contributed by atoms with van der Waals surface area (Å²) in [6, 6.07) is 18.1. The summed E-state index contributed by atoms with van der Waals surface area (Å²) in [5, 5.41) is 5.70. The lowest BCUT2D eigenvalue weighted by Gasteiger charge is -2.08. The van der Waals surface area contributed by atoms with Crippen molar-refractivity contribution in [2.24, 2.45) is 0 Å². The number of H-pyrrole nitrogens is 1. The summed E-state index contributed by atoms with van der Waals surface area (Å²) in [6.07, 6.45) is 4.61. The number of benzene rings is 2. The molecule has 0 unspecified atom stereocenters. The third kappa shape index (κ3) is 4.70. The van der Waals surface area contributed by atoms with Gasteiger partial charge in [0.05, 0.1) is 16.6 Å². The molecule has 3 N–H and O–H groups in total. The van der Waals surface area contributed by atoms with Crippen LogP contribution in [-0.2, 0) is 6.42 Å². The molecule has 0 bridgehead atoms. The highest BCUT2D eigenvalue weighted by molar-refractivity contribution is 6.04. The molecule has 4 aromatic rings. The minimum Gasteiger partial charge on any atom is -0.352 e. The standard InChI is InChI=1S/C23H21N5O2/c29-22(25-13-5-11-21-27-19-9-1-2-10-20(19)28-21)16-6-3-8-18(14-16)26-23(30)17-7-4-12-24-15-17/h1-4,6-10,12,14-15H,5,11,13H2,(H,25,29)(H,26,30)(H,27,28). The van der Waals surface area contributed by atoms with Gasteiger partial charge in [0, 0.05) is 36.6 Å². The van der Waals surface area contributed by atoms with E-state index < -0.39 is 0 Å². The Kier molecular flexibility index (Phi) is 5.80. The van der Waals surface area contributed by atoms with Gasteiger partial charge in [-0.25, -0.2) is 4.98 Å². The number of aromatic amines is 1. The maximum atomic E-state index is 12.4. The Balaban J connectivity index is 1.29. The molecule has 0 atom stereocenters. The first-order valence-electron chi connectivity index (χ1n) is 9.72. The number of hydrogen-bond donors (Lipinski definition) is 3. The Bertz CT molecular complexity index is 1140. The maximum Gasteiger partial charge on any atom is 0.257 e. The number of fused-ring (bicyclic) bond motifs is 1. The molecule has 2 heterocycles. The Labute approximate surface area is 173 Å². The molecule has 0 spiro atoms. The van der Waals surface area contributed by atoms with Crippen LogP contribution >= 0.6 is 0 Å². The summed E-state index contributed by atoms with van der Waals surface area (Å²) in [5.74, 6) is 0.453. The first-order chi connectivity index (χ1) is 14.7. The number of carbonyl (C=O) groups excluding carboxylic acids is 2. The second-order valence-corrected chi connectivity index (χ2v) is 6.84. The molecule has 30 heavy (non-hydrogen) atoms. The molecule has 0 saturated heterocycles. The van der Waals surface area contributed by atoms with Gasteiger partial charge >= 0.3 is 0 Å². The van der Waals surface area contributed by atoms with Gasteiger partial charge in [-0.15, -0.1) is 0 Å². The number of aryl methyl sites for hydroxylation is 1. The van der Waals surface area contributed by atoms with Crippen LogP contribution in [0.2, 0.25) is 0 Å². The summed E-state index contributed by atoms with van der Waals surface area (Å²) in [5.41, 5.74) is 3.46. The molecule has 0 aliphatic rings. The quantitative estimate of drug-likeness (QED) is 0.414. The molecule has 0 aliphatic heterocycles. The van der Waals surface area contributed by atoms with Crippen LogP contribution in [0.15, 0.2) is 73.1 Å². The number of amides is 2. The van der Waals surface area contributed by atoms with Crippen molar-refractivity contribution < 1.29 is 9.59 Å². The van der Waals surface area contributed by atoms with Gasteiger partial charge < -0.3 is 15.6 Å². The lowest BCUT2D eigenvalue weighted by atomic mass is 10.1. The molecule has 7 heteroatoms. The summed E-state index contributed by atoms with van der Waals surface area (Å²) >= 11 is 0. The van der Waals surface area contributed by atoms with Crippen LogP contribution in [0.1, 0.15) is 33.0 Å². The maximum absolute atomic E-state index is 12.4. The van der Waals surface area contributed by atoms with E-state index in [9.17, 15) is 9.59 Å². The lowest BCUT2D eigenvalue weighted by Crippen LogP contribution is -2.25. The highest BCUT2D eigenvalue weighted by Crippen LogP contribution is 2.13. The Hall–Kier alpha value is -4.00. The number of nitrogens with one attached hydrogen (secondary N) is 3. The zero-order valence-corrected chi connectivity index (χ0v) is 16.3. The number of pyridine rings is 1. The van der Waals surface area contributed by atoms with E-state index in [2.05, 4.69) is 25.6 Å². The molecular formula is C23H21N5O2. The minimum absolute atomic E-state index is 0.183. The van der Waals surface area contributed by atoms with Gasteiger partial charge in [-0.05, 0) is 48.9 Å². The third-order valence-corrected chi connectivity index (χ3v) is 4.62. The summed E-state index contributed by atoms with van der Waals surface area (Å²) < 4.78 is 0. The van der Waals surface area contributed by atoms with Gasteiger partial charge in [-0.2, -0.15) is 0 Å². The Morgan fingerprint density at radius 2 is 1.80 bits per heavy atom. The normalized spacial score (nSPS) is 10.7. The van der Waals surface area contributed by atoms with Crippen molar-refractivity contribution in [1.29, 1.82) is 0 Å². The van der Waals surface area contributed by atoms with E-state index in [-0.39, 0.29) is 11.8 Å². The van der Waals surface area contributed by atoms with Crippen molar-refractivity contribution >= 4 is 28.5 Å². The molecule has 2 amide bonds. The minimum atomic E-state index is -0.272. The molecular weight excluding hydrogens is 378 g/mol. The third-order valence-electron chi connectivity index (χ3n) is 4.62. The number of imidazole rings is 1. The lowest BCUT2D eigenvalue weighted by molar-refractivity contribution is 0.0951.